The van der Waals surface area contributed by atoms with Gasteiger partial charge in [0.1, 0.15) is 6.10 Å². The summed E-state index contributed by atoms with van der Waals surface area (Å²) in [6.07, 6.45) is 9.49. The molecule has 1 aliphatic rings. The topological polar surface area (TPSA) is 9.23 Å². The van der Waals surface area contributed by atoms with Crippen molar-refractivity contribution in [1.82, 2.24) is 0 Å². The highest BCUT2D eigenvalue weighted by Crippen LogP contribution is 2.35. The van der Waals surface area contributed by atoms with E-state index in [9.17, 15) is 0 Å². The average molecular weight is 210 g/mol. The molecule has 0 unspecified atom stereocenters. The van der Waals surface area contributed by atoms with Gasteiger partial charge in [0.25, 0.3) is 0 Å². The van der Waals surface area contributed by atoms with Gasteiger partial charge in [0.05, 0.1) is 6.26 Å². The van der Waals surface area contributed by atoms with Crippen LogP contribution in [0.2, 0.25) is 0 Å². The summed E-state index contributed by atoms with van der Waals surface area (Å²) < 4.78 is 5.89. The van der Waals surface area contributed by atoms with Crippen LogP contribution in [0.3, 0.4) is 0 Å². The molecule has 1 fully saturated rings. The molecule has 1 heteroatoms. The average Bonchev–Trinajstić information content (AvgIpc) is 2.18. The molecule has 0 aromatic carbocycles. The zero-order chi connectivity index (χ0) is 11.3. The van der Waals surface area contributed by atoms with Gasteiger partial charge in [0.2, 0.25) is 0 Å². The minimum Gasteiger partial charge on any atom is -0.498 e. The lowest BCUT2D eigenvalue weighted by molar-refractivity contribution is 0.0133. The first-order valence-corrected chi connectivity index (χ1v) is 6.45. The van der Waals surface area contributed by atoms with Crippen molar-refractivity contribution in [2.45, 2.75) is 59.5 Å². The van der Waals surface area contributed by atoms with Crippen LogP contribution in [0.1, 0.15) is 53.4 Å². The van der Waals surface area contributed by atoms with Crippen LogP contribution >= 0.6 is 0 Å². The van der Waals surface area contributed by atoms with Crippen LogP contribution in [0.15, 0.2) is 12.3 Å². The second-order valence-electron chi connectivity index (χ2n) is 5.28. The molecule has 88 valence electrons. The smallest absolute Gasteiger partial charge is 0.101 e. The van der Waals surface area contributed by atoms with E-state index in [0.29, 0.717) is 6.10 Å². The molecule has 0 saturated heterocycles. The molecule has 0 aromatic heterocycles. The number of hydrogen-bond donors (Lipinski definition) is 0. The van der Waals surface area contributed by atoms with Crippen LogP contribution in [-0.4, -0.2) is 6.10 Å². The Balaban J connectivity index is 2.50. The Labute approximate surface area is 94.9 Å². The van der Waals surface area contributed by atoms with Crippen LogP contribution in [0.4, 0.5) is 0 Å². The Kier molecular flexibility index (Phi) is 5.21. The summed E-state index contributed by atoms with van der Waals surface area (Å²) in [6, 6.07) is 0. The Morgan fingerprint density at radius 3 is 2.67 bits per heavy atom. The molecule has 1 aliphatic carbocycles. The molecule has 0 heterocycles. The molecule has 15 heavy (non-hydrogen) atoms. The zero-order valence-corrected chi connectivity index (χ0v) is 10.7. The van der Waals surface area contributed by atoms with Crippen LogP contribution in [0, 0.1) is 17.8 Å². The fourth-order valence-electron chi connectivity index (χ4n) is 2.52. The molecule has 3 atom stereocenters. The van der Waals surface area contributed by atoms with Crippen LogP contribution in [0.5, 0.6) is 0 Å². The number of hydrogen-bond acceptors (Lipinski definition) is 1. The molecular formula is C14H26O. The van der Waals surface area contributed by atoms with Crippen molar-refractivity contribution in [3.05, 3.63) is 12.3 Å². The quantitative estimate of drug-likeness (QED) is 0.625. The summed E-state index contributed by atoms with van der Waals surface area (Å²) in [5.74, 6) is 2.33. The van der Waals surface area contributed by atoms with Crippen molar-refractivity contribution in [3.63, 3.8) is 0 Å². The molecule has 0 radical (unpaired) electrons. The second-order valence-corrected chi connectivity index (χ2v) is 5.28. The summed E-state index contributed by atoms with van der Waals surface area (Å²) in [6.45, 7) is 9.13. The van der Waals surface area contributed by atoms with Crippen molar-refractivity contribution in [2.75, 3.05) is 0 Å². The maximum atomic E-state index is 5.89. The lowest BCUT2D eigenvalue weighted by Gasteiger charge is -2.36. The first kappa shape index (κ1) is 12.6. The summed E-state index contributed by atoms with van der Waals surface area (Å²) in [5.41, 5.74) is 0. The van der Waals surface area contributed by atoms with Crippen molar-refractivity contribution in [3.8, 4) is 0 Å². The molecule has 0 aromatic rings. The number of ether oxygens (including phenoxy) is 1. The van der Waals surface area contributed by atoms with E-state index in [1.807, 2.05) is 6.26 Å². The molecule has 1 nitrogen and oxygen atoms in total. The van der Waals surface area contributed by atoms with Crippen molar-refractivity contribution in [1.29, 1.82) is 0 Å². The Bertz CT molecular complexity index is 196. The third kappa shape index (κ3) is 3.89. The standard InChI is InChI=1S/C14H26O/c1-5-6-9-15-14-10-12(4)7-8-13(14)11(2)3/h6,9,11-14H,5,7-8,10H2,1-4H3/b9-6+/t12-,13+,14-/m1/s1. The summed E-state index contributed by atoms with van der Waals surface area (Å²) in [4.78, 5) is 0. The Morgan fingerprint density at radius 2 is 2.07 bits per heavy atom. The van der Waals surface area contributed by atoms with Crippen molar-refractivity contribution >= 4 is 0 Å². The Hall–Kier alpha value is -0.460. The van der Waals surface area contributed by atoms with Gasteiger partial charge < -0.3 is 4.74 Å². The van der Waals surface area contributed by atoms with Crippen LogP contribution in [0.25, 0.3) is 0 Å². The predicted octanol–water partition coefficient (Wildman–Crippen LogP) is 4.39. The monoisotopic (exact) mass is 210 g/mol. The van der Waals surface area contributed by atoms with Gasteiger partial charge in [-0.3, -0.25) is 0 Å². The maximum absolute atomic E-state index is 5.89. The van der Waals surface area contributed by atoms with Gasteiger partial charge in [-0.05, 0) is 37.0 Å². The molecule has 1 rings (SSSR count). The molecule has 0 amide bonds. The van der Waals surface area contributed by atoms with E-state index >= 15 is 0 Å². The zero-order valence-electron chi connectivity index (χ0n) is 10.7. The summed E-state index contributed by atoms with van der Waals surface area (Å²) >= 11 is 0. The van der Waals surface area contributed by atoms with E-state index in [0.717, 1.165) is 24.2 Å². The SMILES string of the molecule is CC/C=C/O[C@@H]1C[C@H](C)CC[C@H]1C(C)C. The second kappa shape index (κ2) is 6.19. The summed E-state index contributed by atoms with van der Waals surface area (Å²) in [7, 11) is 0. The first-order chi connectivity index (χ1) is 7.15. The van der Waals surface area contributed by atoms with Crippen LogP contribution in [-0.2, 0) is 4.74 Å². The minimum atomic E-state index is 0.455. The molecule has 1 saturated carbocycles. The third-order valence-corrected chi connectivity index (χ3v) is 3.55. The first-order valence-electron chi connectivity index (χ1n) is 6.45. The van der Waals surface area contributed by atoms with Gasteiger partial charge in [-0.1, -0.05) is 40.2 Å². The maximum Gasteiger partial charge on any atom is 0.101 e. The number of rotatable bonds is 4. The van der Waals surface area contributed by atoms with Gasteiger partial charge >= 0.3 is 0 Å². The molecule has 0 aliphatic heterocycles. The lowest BCUT2D eigenvalue weighted by Crippen LogP contribution is -2.33. The van der Waals surface area contributed by atoms with Crippen molar-refractivity contribution in [2.24, 2.45) is 17.8 Å². The van der Waals surface area contributed by atoms with E-state index < -0.39 is 0 Å². The summed E-state index contributed by atoms with van der Waals surface area (Å²) in [5, 5.41) is 0. The molecule has 0 bridgehead atoms. The van der Waals surface area contributed by atoms with E-state index in [1.54, 1.807) is 0 Å². The van der Waals surface area contributed by atoms with E-state index in [2.05, 4.69) is 33.8 Å². The number of allylic oxidation sites excluding steroid dienone is 1. The van der Waals surface area contributed by atoms with Gasteiger partial charge in [-0.2, -0.15) is 0 Å². The highest BCUT2D eigenvalue weighted by molar-refractivity contribution is 4.84. The van der Waals surface area contributed by atoms with Gasteiger partial charge in [-0.25, -0.2) is 0 Å². The van der Waals surface area contributed by atoms with Gasteiger partial charge in [-0.15, -0.1) is 0 Å². The predicted molar refractivity (Wildman–Crippen MR) is 65.6 cm³/mol. The van der Waals surface area contributed by atoms with Crippen LogP contribution < -0.4 is 0 Å². The molecular weight excluding hydrogens is 184 g/mol. The van der Waals surface area contributed by atoms with Gasteiger partial charge in [0.15, 0.2) is 0 Å². The largest absolute Gasteiger partial charge is 0.498 e. The minimum absolute atomic E-state index is 0.455. The highest BCUT2D eigenvalue weighted by Gasteiger charge is 2.31. The third-order valence-electron chi connectivity index (χ3n) is 3.55. The highest BCUT2D eigenvalue weighted by atomic mass is 16.5. The molecule has 0 spiro atoms. The van der Waals surface area contributed by atoms with E-state index in [4.69, 9.17) is 4.74 Å². The van der Waals surface area contributed by atoms with E-state index in [1.165, 1.54) is 19.3 Å². The fraction of sp³-hybridized carbons (Fsp3) is 0.857. The normalized spacial score (nSPS) is 32.5. The molecule has 0 N–H and O–H groups in total. The van der Waals surface area contributed by atoms with Gasteiger partial charge in [0, 0.05) is 0 Å². The van der Waals surface area contributed by atoms with Crippen molar-refractivity contribution < 1.29 is 4.74 Å². The lowest BCUT2D eigenvalue weighted by atomic mass is 9.75. The fourth-order valence-corrected chi connectivity index (χ4v) is 2.52. The Morgan fingerprint density at radius 1 is 1.33 bits per heavy atom. The van der Waals surface area contributed by atoms with E-state index in [-0.39, 0.29) is 0 Å².